The minimum atomic E-state index is -3.63. The number of rotatable bonds is 6. The molecular formula is C14H23N3O3S. The first-order valence-electron chi connectivity index (χ1n) is 7.26. The molecule has 6 nitrogen and oxygen atoms in total. The Labute approximate surface area is 126 Å². The van der Waals surface area contributed by atoms with Gasteiger partial charge in [0.05, 0.1) is 17.8 Å². The summed E-state index contributed by atoms with van der Waals surface area (Å²) in [7, 11) is -3.63. The monoisotopic (exact) mass is 313 g/mol. The van der Waals surface area contributed by atoms with E-state index in [9.17, 15) is 8.42 Å². The molecule has 0 saturated carbocycles. The molecule has 7 heteroatoms. The van der Waals surface area contributed by atoms with Crippen molar-refractivity contribution in [2.45, 2.75) is 43.5 Å². The second-order valence-electron chi connectivity index (χ2n) is 5.62. The molecule has 1 aromatic rings. The third-order valence-electron chi connectivity index (χ3n) is 3.46. The molecule has 0 aliphatic carbocycles. The zero-order chi connectivity index (χ0) is 15.3. The van der Waals surface area contributed by atoms with E-state index in [1.54, 1.807) is 12.3 Å². The number of nitrogens with one attached hydrogen (secondary N) is 2. The number of aromatic nitrogens is 1. The first-order chi connectivity index (χ1) is 9.97. The molecule has 0 bridgehead atoms. The highest BCUT2D eigenvalue weighted by Gasteiger charge is 2.33. The molecular weight excluding hydrogens is 290 g/mol. The van der Waals surface area contributed by atoms with Gasteiger partial charge in [-0.15, -0.1) is 0 Å². The quantitative estimate of drug-likeness (QED) is 0.836. The summed E-state index contributed by atoms with van der Waals surface area (Å²) in [5, 5.41) is 3.13. The Morgan fingerprint density at radius 2 is 2.29 bits per heavy atom. The average molecular weight is 313 g/mol. The molecule has 1 aromatic heterocycles. The average Bonchev–Trinajstić information content (AvgIpc) is 2.45. The molecule has 0 amide bonds. The largest absolute Gasteiger partial charge is 0.384 e. The Morgan fingerprint density at radius 1 is 1.48 bits per heavy atom. The summed E-state index contributed by atoms with van der Waals surface area (Å²) < 4.78 is 33.5. The first kappa shape index (κ1) is 16.2. The molecule has 0 aromatic carbocycles. The number of hydrogen-bond donors (Lipinski definition) is 2. The van der Waals surface area contributed by atoms with Gasteiger partial charge in [-0.1, -0.05) is 6.92 Å². The lowest BCUT2D eigenvalue weighted by atomic mass is 9.97. The lowest BCUT2D eigenvalue weighted by Crippen LogP contribution is -2.51. The Kier molecular flexibility index (Phi) is 5.18. The summed E-state index contributed by atoms with van der Waals surface area (Å²) in [5.74, 6) is 0. The third-order valence-corrected chi connectivity index (χ3v) is 5.12. The van der Waals surface area contributed by atoms with Crippen LogP contribution in [0.3, 0.4) is 0 Å². The predicted octanol–water partition coefficient (Wildman–Crippen LogP) is 1.75. The maximum absolute atomic E-state index is 12.6. The van der Waals surface area contributed by atoms with Crippen LogP contribution in [0.25, 0.3) is 0 Å². The Hall–Kier alpha value is -1.18. The fourth-order valence-corrected chi connectivity index (χ4v) is 3.94. The van der Waals surface area contributed by atoms with Crippen molar-refractivity contribution in [3.8, 4) is 0 Å². The van der Waals surface area contributed by atoms with Crippen LogP contribution in [-0.2, 0) is 14.8 Å². The topological polar surface area (TPSA) is 80.3 Å². The molecule has 2 heterocycles. The van der Waals surface area contributed by atoms with Crippen molar-refractivity contribution in [2.75, 3.05) is 25.1 Å². The summed E-state index contributed by atoms with van der Waals surface area (Å²) in [6.45, 7) is 5.70. The van der Waals surface area contributed by atoms with E-state index < -0.39 is 15.6 Å². The van der Waals surface area contributed by atoms with Gasteiger partial charge in [0, 0.05) is 25.5 Å². The minimum absolute atomic E-state index is 0.185. The summed E-state index contributed by atoms with van der Waals surface area (Å²) in [6, 6.07) is 1.68. The SMILES string of the molecule is CCCNc1ccncc1S(=O)(=O)NC1(C)CCCOC1. The van der Waals surface area contributed by atoms with Crippen LogP contribution >= 0.6 is 0 Å². The van der Waals surface area contributed by atoms with Crippen molar-refractivity contribution >= 4 is 15.7 Å². The van der Waals surface area contributed by atoms with Crippen LogP contribution in [0.5, 0.6) is 0 Å². The van der Waals surface area contributed by atoms with Gasteiger partial charge < -0.3 is 10.1 Å². The van der Waals surface area contributed by atoms with E-state index in [4.69, 9.17) is 4.74 Å². The van der Waals surface area contributed by atoms with E-state index >= 15 is 0 Å². The minimum Gasteiger partial charge on any atom is -0.384 e. The molecule has 2 N–H and O–H groups in total. The lowest BCUT2D eigenvalue weighted by molar-refractivity contribution is 0.0386. The Morgan fingerprint density at radius 3 is 2.95 bits per heavy atom. The summed E-state index contributed by atoms with van der Waals surface area (Å²) in [5.41, 5.74) is 0.0225. The molecule has 1 aliphatic rings. The van der Waals surface area contributed by atoms with Crippen molar-refractivity contribution in [3.63, 3.8) is 0 Å². The fourth-order valence-electron chi connectivity index (χ4n) is 2.39. The second kappa shape index (κ2) is 6.72. The van der Waals surface area contributed by atoms with Gasteiger partial charge in [0.15, 0.2) is 0 Å². The number of pyridine rings is 1. The smallest absolute Gasteiger partial charge is 0.244 e. The van der Waals surface area contributed by atoms with Gasteiger partial charge in [0.2, 0.25) is 10.0 Å². The second-order valence-corrected chi connectivity index (χ2v) is 7.27. The van der Waals surface area contributed by atoms with E-state index in [1.807, 2.05) is 13.8 Å². The molecule has 118 valence electrons. The maximum Gasteiger partial charge on any atom is 0.244 e. The van der Waals surface area contributed by atoms with Gasteiger partial charge >= 0.3 is 0 Å². The van der Waals surface area contributed by atoms with E-state index in [1.165, 1.54) is 6.20 Å². The van der Waals surface area contributed by atoms with E-state index in [0.29, 0.717) is 25.4 Å². The van der Waals surface area contributed by atoms with Crippen molar-refractivity contribution in [2.24, 2.45) is 0 Å². The van der Waals surface area contributed by atoms with Crippen molar-refractivity contribution in [1.29, 1.82) is 0 Å². The van der Waals surface area contributed by atoms with Gasteiger partial charge in [-0.3, -0.25) is 4.98 Å². The number of hydrogen-bond acceptors (Lipinski definition) is 5. The number of anilines is 1. The highest BCUT2D eigenvalue weighted by Crippen LogP contribution is 2.25. The van der Waals surface area contributed by atoms with Crippen molar-refractivity contribution in [1.82, 2.24) is 9.71 Å². The van der Waals surface area contributed by atoms with Crippen molar-refractivity contribution in [3.05, 3.63) is 18.5 Å². The van der Waals surface area contributed by atoms with Crippen LogP contribution in [0.2, 0.25) is 0 Å². The fraction of sp³-hybridized carbons (Fsp3) is 0.643. The van der Waals surface area contributed by atoms with Crippen molar-refractivity contribution < 1.29 is 13.2 Å². The molecule has 1 aliphatic heterocycles. The van der Waals surface area contributed by atoms with Gasteiger partial charge in [0.25, 0.3) is 0 Å². The highest BCUT2D eigenvalue weighted by atomic mass is 32.2. The maximum atomic E-state index is 12.6. The number of nitrogens with zero attached hydrogens (tertiary/aromatic N) is 1. The molecule has 21 heavy (non-hydrogen) atoms. The molecule has 1 saturated heterocycles. The molecule has 1 unspecified atom stereocenters. The molecule has 0 spiro atoms. The molecule has 0 radical (unpaired) electrons. The number of ether oxygens (including phenoxy) is 1. The standard InChI is InChI=1S/C14H23N3O3S/c1-3-7-16-12-5-8-15-10-13(12)21(18,19)17-14(2)6-4-9-20-11-14/h5,8,10,17H,3-4,6-7,9,11H2,1-2H3,(H,15,16). The Balaban J connectivity index is 2.22. The third kappa shape index (κ3) is 4.15. The summed E-state index contributed by atoms with van der Waals surface area (Å²) in [4.78, 5) is 4.13. The number of sulfonamides is 1. The normalized spacial score (nSPS) is 23.0. The van der Waals surface area contributed by atoms with Gasteiger partial charge in [-0.05, 0) is 32.3 Å². The zero-order valence-electron chi connectivity index (χ0n) is 12.6. The van der Waals surface area contributed by atoms with Gasteiger partial charge in [-0.2, -0.15) is 0 Å². The van der Waals surface area contributed by atoms with Crippen LogP contribution in [0.15, 0.2) is 23.4 Å². The van der Waals surface area contributed by atoms with Crippen LogP contribution in [0.1, 0.15) is 33.1 Å². The van der Waals surface area contributed by atoms with E-state index in [-0.39, 0.29) is 4.90 Å². The first-order valence-corrected chi connectivity index (χ1v) is 8.75. The van der Waals surface area contributed by atoms with E-state index in [0.717, 1.165) is 19.3 Å². The van der Waals surface area contributed by atoms with Gasteiger partial charge in [0.1, 0.15) is 4.90 Å². The van der Waals surface area contributed by atoms with Crippen LogP contribution in [-0.4, -0.2) is 38.7 Å². The van der Waals surface area contributed by atoms with Crippen LogP contribution < -0.4 is 10.0 Å². The van der Waals surface area contributed by atoms with Gasteiger partial charge in [-0.25, -0.2) is 13.1 Å². The molecule has 2 rings (SSSR count). The molecule has 1 atom stereocenters. The van der Waals surface area contributed by atoms with Crippen LogP contribution in [0.4, 0.5) is 5.69 Å². The van der Waals surface area contributed by atoms with Crippen LogP contribution in [0, 0.1) is 0 Å². The Bertz CT molecular complexity index is 569. The predicted molar refractivity (Wildman–Crippen MR) is 81.8 cm³/mol. The van der Waals surface area contributed by atoms with E-state index in [2.05, 4.69) is 15.0 Å². The summed E-state index contributed by atoms with van der Waals surface area (Å²) in [6.07, 6.45) is 5.51. The molecule has 1 fully saturated rings. The zero-order valence-corrected chi connectivity index (χ0v) is 13.4. The highest BCUT2D eigenvalue weighted by molar-refractivity contribution is 7.89. The summed E-state index contributed by atoms with van der Waals surface area (Å²) >= 11 is 0. The lowest BCUT2D eigenvalue weighted by Gasteiger charge is -2.34.